The van der Waals surface area contributed by atoms with Crippen molar-refractivity contribution in [2.75, 3.05) is 0 Å². The standard InChI is InChI=1S/C40H36O12/c1-18(2)10-11-39-27-9-6-22(43)16-31(27)52-40(39,50)38(49)35-32(51-39)17-30(46)34(37(35)48)26-13-19(3)12-25(23-7-4-20(41)14-28(23)44)33(26)36(47)24-8-5-21(42)15-29(24)45/h4-10,13-17,25-26,33,41-46,48,50H,11-12H2,1-3H3/t25-,26+,33-,39+,40+/m1/s1. The third kappa shape index (κ3) is 5.09. The summed E-state index contributed by atoms with van der Waals surface area (Å²) in [6.45, 7) is 5.37. The number of benzene rings is 4. The van der Waals surface area contributed by atoms with Crippen LogP contribution in [-0.4, -0.2) is 58.2 Å². The number of ether oxygens (including phenoxy) is 2. The maximum atomic E-state index is 14.6. The quantitative estimate of drug-likeness (QED) is 0.0824. The van der Waals surface area contributed by atoms with Crippen molar-refractivity contribution >= 4 is 11.6 Å². The van der Waals surface area contributed by atoms with E-state index in [1.165, 1.54) is 42.5 Å². The van der Waals surface area contributed by atoms with Crippen LogP contribution in [0.5, 0.6) is 51.7 Å². The Kier molecular flexibility index (Phi) is 7.91. The third-order valence-corrected chi connectivity index (χ3v) is 10.2. The van der Waals surface area contributed by atoms with Gasteiger partial charge in [-0.25, -0.2) is 0 Å². The summed E-state index contributed by atoms with van der Waals surface area (Å²) in [5, 5.41) is 87.8. The van der Waals surface area contributed by atoms with E-state index in [-0.39, 0.29) is 69.6 Å². The van der Waals surface area contributed by atoms with Crippen molar-refractivity contribution in [3.63, 3.8) is 0 Å². The molecule has 5 atom stereocenters. The van der Waals surface area contributed by atoms with Crippen LogP contribution in [0.2, 0.25) is 0 Å². The molecule has 52 heavy (non-hydrogen) atoms. The maximum absolute atomic E-state index is 14.6. The fourth-order valence-electron chi connectivity index (χ4n) is 7.85. The molecule has 4 aromatic rings. The molecule has 0 radical (unpaired) electrons. The number of fused-ring (bicyclic) bond motifs is 4. The van der Waals surface area contributed by atoms with Crippen LogP contribution in [0.25, 0.3) is 0 Å². The molecule has 1 aliphatic carbocycles. The van der Waals surface area contributed by atoms with Gasteiger partial charge in [-0.2, -0.15) is 0 Å². The molecule has 0 fully saturated rings. The lowest BCUT2D eigenvalue weighted by atomic mass is 9.65. The number of phenolic OH excluding ortho intramolecular Hbond substituents is 7. The highest BCUT2D eigenvalue weighted by molar-refractivity contribution is 6.09. The molecular formula is C40H36O12. The van der Waals surface area contributed by atoms with Gasteiger partial charge in [-0.3, -0.25) is 9.59 Å². The van der Waals surface area contributed by atoms with Crippen molar-refractivity contribution in [1.82, 2.24) is 0 Å². The van der Waals surface area contributed by atoms with Crippen LogP contribution in [0.1, 0.15) is 82.9 Å². The Morgan fingerprint density at radius 2 is 1.48 bits per heavy atom. The molecule has 2 aliphatic heterocycles. The largest absolute Gasteiger partial charge is 0.508 e. The molecule has 12 nitrogen and oxygen atoms in total. The third-order valence-electron chi connectivity index (χ3n) is 10.2. The van der Waals surface area contributed by atoms with Gasteiger partial charge in [-0.05, 0) is 63.1 Å². The first kappa shape index (κ1) is 34.3. The molecule has 0 aromatic heterocycles. The molecule has 2 heterocycles. The van der Waals surface area contributed by atoms with E-state index in [9.17, 15) is 50.4 Å². The molecule has 0 bridgehead atoms. The maximum Gasteiger partial charge on any atom is 0.318 e. The van der Waals surface area contributed by atoms with Gasteiger partial charge in [0, 0.05) is 59.6 Å². The summed E-state index contributed by atoms with van der Waals surface area (Å²) in [4.78, 5) is 29.1. The van der Waals surface area contributed by atoms with Crippen molar-refractivity contribution in [3.8, 4) is 51.7 Å². The van der Waals surface area contributed by atoms with E-state index in [0.29, 0.717) is 5.57 Å². The summed E-state index contributed by atoms with van der Waals surface area (Å²) in [6.07, 6.45) is 3.48. The van der Waals surface area contributed by atoms with Crippen LogP contribution in [0.3, 0.4) is 0 Å². The summed E-state index contributed by atoms with van der Waals surface area (Å²) >= 11 is 0. The lowest BCUT2D eigenvalue weighted by Gasteiger charge is -2.43. The molecule has 268 valence electrons. The number of Topliss-reactive ketones (excluding diaryl/α,β-unsaturated/α-hetero) is 2. The van der Waals surface area contributed by atoms with Gasteiger partial charge >= 0.3 is 5.79 Å². The summed E-state index contributed by atoms with van der Waals surface area (Å²) in [5.74, 6) is -11.1. The van der Waals surface area contributed by atoms with E-state index in [1.807, 2.05) is 13.8 Å². The molecule has 8 N–H and O–H groups in total. The monoisotopic (exact) mass is 708 g/mol. The van der Waals surface area contributed by atoms with Crippen LogP contribution in [0.4, 0.5) is 0 Å². The van der Waals surface area contributed by atoms with Crippen molar-refractivity contribution in [1.29, 1.82) is 0 Å². The average Bonchev–Trinajstić information content (AvgIpc) is 3.30. The number of hydrogen-bond acceptors (Lipinski definition) is 12. The highest BCUT2D eigenvalue weighted by Gasteiger charge is 2.70. The Morgan fingerprint density at radius 1 is 0.827 bits per heavy atom. The Hall–Kier alpha value is -6.14. The van der Waals surface area contributed by atoms with Gasteiger partial charge in [0.2, 0.25) is 11.4 Å². The Labute approximate surface area is 297 Å². The molecule has 0 saturated carbocycles. The van der Waals surface area contributed by atoms with Crippen LogP contribution in [0.15, 0.2) is 84.0 Å². The molecule has 12 heteroatoms. The first-order valence-corrected chi connectivity index (χ1v) is 16.5. The summed E-state index contributed by atoms with van der Waals surface area (Å²) in [5.41, 5.74) is -0.891. The second-order valence-corrected chi connectivity index (χ2v) is 13.9. The zero-order valence-corrected chi connectivity index (χ0v) is 28.3. The summed E-state index contributed by atoms with van der Waals surface area (Å²) < 4.78 is 12.3. The second-order valence-electron chi connectivity index (χ2n) is 13.9. The topological polar surface area (TPSA) is 214 Å². The number of ketones is 2. The van der Waals surface area contributed by atoms with Crippen molar-refractivity contribution in [2.45, 2.75) is 56.8 Å². The van der Waals surface area contributed by atoms with Gasteiger partial charge in [0.1, 0.15) is 57.3 Å². The minimum atomic E-state index is -2.75. The predicted molar refractivity (Wildman–Crippen MR) is 185 cm³/mol. The first-order chi connectivity index (χ1) is 24.6. The first-order valence-electron chi connectivity index (χ1n) is 16.5. The van der Waals surface area contributed by atoms with Gasteiger partial charge in [-0.1, -0.05) is 29.4 Å². The van der Waals surface area contributed by atoms with E-state index in [4.69, 9.17) is 9.47 Å². The fraction of sp³-hybridized carbons (Fsp3) is 0.250. The molecule has 0 unspecified atom stereocenters. The van der Waals surface area contributed by atoms with Crippen molar-refractivity contribution in [3.05, 3.63) is 112 Å². The fourth-order valence-corrected chi connectivity index (χ4v) is 7.85. The molecule has 0 amide bonds. The SMILES string of the molecule is CC(C)=CC[C@@]12Oc3cc(O)c([C@H]4C=C(C)C[C@H](c5ccc(O)cc5O)[C@H]4C(=O)c4ccc(O)cc4O)c(O)c3C(=O)[C@]1(O)Oc1cc(O)ccc12. The van der Waals surface area contributed by atoms with E-state index >= 15 is 0 Å². The number of rotatable bonds is 6. The Morgan fingerprint density at radius 3 is 2.15 bits per heavy atom. The van der Waals surface area contributed by atoms with Gasteiger partial charge < -0.3 is 50.3 Å². The smallest absolute Gasteiger partial charge is 0.318 e. The zero-order chi connectivity index (χ0) is 37.4. The summed E-state index contributed by atoms with van der Waals surface area (Å²) in [6, 6.07) is 12.5. The van der Waals surface area contributed by atoms with Crippen LogP contribution in [-0.2, 0) is 5.60 Å². The van der Waals surface area contributed by atoms with Crippen LogP contribution < -0.4 is 9.47 Å². The number of hydrogen-bond donors (Lipinski definition) is 8. The number of phenols is 7. The predicted octanol–water partition coefficient (Wildman–Crippen LogP) is 6.25. The van der Waals surface area contributed by atoms with E-state index in [0.717, 1.165) is 23.8 Å². The molecular weight excluding hydrogens is 672 g/mol. The zero-order valence-electron chi connectivity index (χ0n) is 28.3. The Bertz CT molecular complexity index is 2250. The van der Waals surface area contributed by atoms with E-state index < -0.39 is 63.5 Å². The van der Waals surface area contributed by atoms with Gasteiger partial charge in [-0.15, -0.1) is 0 Å². The van der Waals surface area contributed by atoms with Gasteiger partial charge in [0.15, 0.2) is 5.78 Å². The minimum Gasteiger partial charge on any atom is -0.508 e. The van der Waals surface area contributed by atoms with Crippen molar-refractivity contribution < 1.29 is 59.9 Å². The molecule has 0 saturated heterocycles. The molecule has 4 aromatic carbocycles. The van der Waals surface area contributed by atoms with Gasteiger partial charge in [0.25, 0.3) is 0 Å². The number of carbonyl (C=O) groups excluding carboxylic acids is 2. The number of allylic oxidation sites excluding steroid dienone is 3. The number of aliphatic hydroxyl groups is 1. The van der Waals surface area contributed by atoms with Crippen LogP contribution >= 0.6 is 0 Å². The minimum absolute atomic E-state index is 0.0310. The normalized spacial score (nSPS) is 24.4. The highest BCUT2D eigenvalue weighted by Crippen LogP contribution is 2.61. The van der Waals surface area contributed by atoms with Crippen LogP contribution in [0, 0.1) is 5.92 Å². The lowest BCUT2D eigenvalue weighted by molar-refractivity contribution is -0.201. The average molecular weight is 709 g/mol. The number of aromatic hydroxyl groups is 7. The number of carbonyl (C=O) groups is 2. The molecule has 0 spiro atoms. The highest BCUT2D eigenvalue weighted by atomic mass is 16.7. The van der Waals surface area contributed by atoms with Gasteiger partial charge in [0.05, 0.1) is 5.56 Å². The second kappa shape index (κ2) is 12.0. The lowest BCUT2D eigenvalue weighted by Crippen LogP contribution is -2.62. The summed E-state index contributed by atoms with van der Waals surface area (Å²) in [7, 11) is 0. The Balaban J connectivity index is 1.43. The van der Waals surface area contributed by atoms with E-state index in [1.54, 1.807) is 19.1 Å². The molecule has 3 aliphatic rings. The molecule has 7 rings (SSSR count). The van der Waals surface area contributed by atoms with Crippen molar-refractivity contribution in [2.24, 2.45) is 5.92 Å². The van der Waals surface area contributed by atoms with E-state index in [2.05, 4.69) is 0 Å².